The van der Waals surface area contributed by atoms with Crippen molar-refractivity contribution in [2.45, 2.75) is 39.5 Å². The number of hydrazone groups is 1. The van der Waals surface area contributed by atoms with E-state index in [4.69, 9.17) is 0 Å². The largest absolute Gasteiger partial charge is 0.281 e. The second-order valence-electron chi connectivity index (χ2n) is 6.16. The van der Waals surface area contributed by atoms with E-state index < -0.39 is 4.92 Å². The second kappa shape index (κ2) is 7.14. The van der Waals surface area contributed by atoms with Crippen molar-refractivity contribution < 1.29 is 9.72 Å². The molecule has 0 aliphatic heterocycles. The van der Waals surface area contributed by atoms with E-state index in [0.717, 1.165) is 12.8 Å². The van der Waals surface area contributed by atoms with Gasteiger partial charge in [-0.25, -0.2) is 5.43 Å². The van der Waals surface area contributed by atoms with E-state index in [1.54, 1.807) is 26.0 Å². The summed E-state index contributed by atoms with van der Waals surface area (Å²) in [6.45, 7) is 3.41. The van der Waals surface area contributed by atoms with E-state index in [-0.39, 0.29) is 11.6 Å². The molecule has 1 aromatic heterocycles. The number of carbonyl (C=O) groups is 1. The van der Waals surface area contributed by atoms with Crippen molar-refractivity contribution in [3.8, 4) is 0 Å². The van der Waals surface area contributed by atoms with Crippen LogP contribution in [0.15, 0.2) is 29.4 Å². The molecule has 1 heterocycles. The van der Waals surface area contributed by atoms with Crippen molar-refractivity contribution in [1.82, 2.24) is 5.43 Å². The van der Waals surface area contributed by atoms with Crippen LogP contribution in [0.1, 0.15) is 51.0 Å². The van der Waals surface area contributed by atoms with Gasteiger partial charge in [0.1, 0.15) is 0 Å². The van der Waals surface area contributed by atoms with E-state index in [1.165, 1.54) is 40.7 Å². The Hall–Kier alpha value is -2.54. The smallest absolute Gasteiger partial charge is 0.266 e. The lowest BCUT2D eigenvalue weighted by molar-refractivity contribution is -0.385. The zero-order valence-electron chi connectivity index (χ0n) is 14.2. The molecule has 1 aliphatic rings. The molecular weight excluding hydrogens is 338 g/mol. The summed E-state index contributed by atoms with van der Waals surface area (Å²) in [6.07, 6.45) is 4.43. The molecule has 1 aromatic carbocycles. The average Bonchev–Trinajstić information content (AvgIpc) is 3.03. The first-order valence-electron chi connectivity index (χ1n) is 8.17. The molecule has 7 heteroatoms. The lowest BCUT2D eigenvalue weighted by Crippen LogP contribution is -2.18. The number of rotatable bonds is 4. The van der Waals surface area contributed by atoms with Gasteiger partial charge in [0.2, 0.25) is 0 Å². The number of benzene rings is 1. The average molecular weight is 357 g/mol. The van der Waals surface area contributed by atoms with Crippen molar-refractivity contribution in [3.05, 3.63) is 60.8 Å². The van der Waals surface area contributed by atoms with Gasteiger partial charge < -0.3 is 0 Å². The Morgan fingerprint density at radius 2 is 2.04 bits per heavy atom. The maximum Gasteiger partial charge on any atom is 0.281 e. The van der Waals surface area contributed by atoms with Gasteiger partial charge in [0.05, 0.1) is 15.5 Å². The molecule has 0 radical (unpaired) electrons. The minimum atomic E-state index is -0.416. The normalized spacial score (nSPS) is 14.1. The summed E-state index contributed by atoms with van der Waals surface area (Å²) in [5, 5.41) is 15.1. The van der Waals surface area contributed by atoms with Gasteiger partial charge in [-0.05, 0) is 51.2 Å². The quantitative estimate of drug-likeness (QED) is 0.510. The fourth-order valence-corrected chi connectivity index (χ4v) is 4.03. The Kier molecular flexibility index (Phi) is 4.94. The first-order chi connectivity index (χ1) is 12.0. The molecule has 3 rings (SSSR count). The third-order valence-corrected chi connectivity index (χ3v) is 5.61. The summed E-state index contributed by atoms with van der Waals surface area (Å²) in [7, 11) is 0. The highest BCUT2D eigenvalue weighted by Crippen LogP contribution is 2.29. The second-order valence-corrected chi connectivity index (χ2v) is 7.30. The topological polar surface area (TPSA) is 84.6 Å². The first-order valence-corrected chi connectivity index (χ1v) is 8.99. The summed E-state index contributed by atoms with van der Waals surface area (Å²) in [4.78, 5) is 24.9. The molecule has 6 nitrogen and oxygen atoms in total. The third kappa shape index (κ3) is 3.76. The zero-order chi connectivity index (χ0) is 18.0. The van der Waals surface area contributed by atoms with Crippen LogP contribution in [0, 0.1) is 17.0 Å². The summed E-state index contributed by atoms with van der Waals surface area (Å²) in [5.41, 5.74) is 5.61. The highest BCUT2D eigenvalue weighted by Gasteiger charge is 2.17. The van der Waals surface area contributed by atoms with Crippen LogP contribution < -0.4 is 5.43 Å². The maximum atomic E-state index is 12.3. The van der Waals surface area contributed by atoms with Crippen LogP contribution in [0.4, 0.5) is 5.69 Å². The van der Waals surface area contributed by atoms with Crippen LogP contribution in [-0.2, 0) is 12.8 Å². The van der Waals surface area contributed by atoms with Crippen LogP contribution in [0.2, 0.25) is 0 Å². The molecule has 0 fully saturated rings. The van der Waals surface area contributed by atoms with Gasteiger partial charge in [-0.2, -0.15) is 5.10 Å². The van der Waals surface area contributed by atoms with E-state index >= 15 is 0 Å². The molecule has 0 bridgehead atoms. The molecule has 1 amide bonds. The van der Waals surface area contributed by atoms with Crippen molar-refractivity contribution in [1.29, 1.82) is 0 Å². The van der Waals surface area contributed by atoms with Gasteiger partial charge in [-0.3, -0.25) is 14.9 Å². The third-order valence-electron chi connectivity index (χ3n) is 4.37. The fourth-order valence-electron chi connectivity index (χ4n) is 2.89. The summed E-state index contributed by atoms with van der Waals surface area (Å²) < 4.78 is 0. The summed E-state index contributed by atoms with van der Waals surface area (Å²) in [5.74, 6) is -0.236. The number of fused-ring (bicyclic) bond motifs is 1. The minimum absolute atomic E-state index is 0.0457. The van der Waals surface area contributed by atoms with Gasteiger partial charge in [-0.15, -0.1) is 11.3 Å². The predicted octanol–water partition coefficient (Wildman–Crippen LogP) is 4.00. The maximum absolute atomic E-state index is 12.3. The Labute approximate surface area is 149 Å². The lowest BCUT2D eigenvalue weighted by Gasteiger charge is -2.08. The zero-order valence-corrected chi connectivity index (χ0v) is 15.0. The Morgan fingerprint density at radius 1 is 1.28 bits per heavy atom. The number of amides is 1. The molecule has 0 atom stereocenters. The van der Waals surface area contributed by atoms with E-state index in [0.29, 0.717) is 21.7 Å². The molecule has 25 heavy (non-hydrogen) atoms. The molecule has 0 unspecified atom stereocenters. The van der Waals surface area contributed by atoms with Crippen LogP contribution in [0.3, 0.4) is 0 Å². The van der Waals surface area contributed by atoms with Crippen molar-refractivity contribution in [2.24, 2.45) is 5.10 Å². The van der Waals surface area contributed by atoms with Crippen molar-refractivity contribution >= 4 is 28.6 Å². The van der Waals surface area contributed by atoms with Crippen molar-refractivity contribution in [2.75, 3.05) is 0 Å². The number of hydrogen-bond donors (Lipinski definition) is 1. The predicted molar refractivity (Wildman–Crippen MR) is 98.5 cm³/mol. The number of thiophene rings is 1. The molecule has 1 N–H and O–H groups in total. The van der Waals surface area contributed by atoms with Gasteiger partial charge in [-0.1, -0.05) is 12.1 Å². The fraction of sp³-hybridized carbons (Fsp3) is 0.333. The number of aryl methyl sites for hydroxylation is 3. The monoisotopic (exact) mass is 357 g/mol. The van der Waals surface area contributed by atoms with Crippen LogP contribution in [0.5, 0.6) is 0 Å². The molecule has 0 spiro atoms. The summed E-state index contributed by atoms with van der Waals surface area (Å²) in [6, 6.07) is 6.87. The Balaban J connectivity index is 1.75. The molecule has 1 aliphatic carbocycles. The Bertz CT molecular complexity index is 847. The molecule has 2 aromatic rings. The van der Waals surface area contributed by atoms with Crippen LogP contribution in [0.25, 0.3) is 0 Å². The van der Waals surface area contributed by atoms with Gasteiger partial charge in [0.25, 0.3) is 11.6 Å². The van der Waals surface area contributed by atoms with Gasteiger partial charge in [0, 0.05) is 22.1 Å². The SMILES string of the molecule is CC(=NNC(=O)c1cc2c(s1)CCCC2)c1ccc(C)c([N+](=O)[O-])c1. The number of hydrogen-bond acceptors (Lipinski definition) is 5. The molecule has 0 saturated carbocycles. The molecule has 0 saturated heterocycles. The highest BCUT2D eigenvalue weighted by atomic mass is 32.1. The van der Waals surface area contributed by atoms with E-state index in [2.05, 4.69) is 10.5 Å². The van der Waals surface area contributed by atoms with Crippen molar-refractivity contribution in [3.63, 3.8) is 0 Å². The minimum Gasteiger partial charge on any atom is -0.266 e. The number of nitro benzene ring substituents is 1. The van der Waals surface area contributed by atoms with Gasteiger partial charge in [0.15, 0.2) is 0 Å². The highest BCUT2D eigenvalue weighted by molar-refractivity contribution is 7.14. The van der Waals surface area contributed by atoms with Crippen LogP contribution >= 0.6 is 11.3 Å². The number of nitrogens with one attached hydrogen (secondary N) is 1. The Morgan fingerprint density at radius 3 is 2.76 bits per heavy atom. The lowest BCUT2D eigenvalue weighted by atomic mass is 9.99. The summed E-state index contributed by atoms with van der Waals surface area (Å²) >= 11 is 1.53. The van der Waals surface area contributed by atoms with E-state index in [1.807, 2.05) is 6.07 Å². The van der Waals surface area contributed by atoms with Gasteiger partial charge >= 0.3 is 0 Å². The van der Waals surface area contributed by atoms with E-state index in [9.17, 15) is 14.9 Å². The number of nitrogens with zero attached hydrogens (tertiary/aromatic N) is 2. The number of nitro groups is 1. The molecule has 130 valence electrons. The van der Waals surface area contributed by atoms with Crippen LogP contribution in [-0.4, -0.2) is 16.5 Å². The number of carbonyl (C=O) groups excluding carboxylic acids is 1. The first kappa shape index (κ1) is 17.3. The standard InChI is InChI=1S/C18H19N3O3S/c1-11-7-8-13(9-15(11)21(23)24)12(2)19-20-18(22)17-10-14-5-3-4-6-16(14)25-17/h7-10H,3-6H2,1-2H3,(H,20,22). The molecular formula is C18H19N3O3S.